The summed E-state index contributed by atoms with van der Waals surface area (Å²) in [6.07, 6.45) is 0.841. The van der Waals surface area contributed by atoms with Gasteiger partial charge in [0.05, 0.1) is 12.0 Å². The fourth-order valence-electron chi connectivity index (χ4n) is 1.52. The molecule has 0 atom stereocenters. The van der Waals surface area contributed by atoms with Crippen molar-refractivity contribution in [2.75, 3.05) is 13.2 Å². The van der Waals surface area contributed by atoms with Crippen LogP contribution >= 0.6 is 0 Å². The molecule has 19 heavy (non-hydrogen) atoms. The van der Waals surface area contributed by atoms with Crippen LogP contribution in [0.1, 0.15) is 38.3 Å². The van der Waals surface area contributed by atoms with E-state index in [1.807, 2.05) is 20.8 Å². The molecule has 0 unspecified atom stereocenters. The van der Waals surface area contributed by atoms with Crippen LogP contribution in [0.25, 0.3) is 0 Å². The molecule has 0 bridgehead atoms. The average molecular weight is 263 g/mol. The molecule has 0 amide bonds. The van der Waals surface area contributed by atoms with E-state index in [1.165, 1.54) is 11.1 Å². The SMILES string of the molecule is Cc1ccc(CNCCCOC(=O)C(C)(C)C)cc1. The zero-order chi connectivity index (χ0) is 14.3. The normalized spacial score (nSPS) is 11.4. The van der Waals surface area contributed by atoms with Gasteiger partial charge in [0.25, 0.3) is 0 Å². The first kappa shape index (κ1) is 15.7. The summed E-state index contributed by atoms with van der Waals surface area (Å²) in [4.78, 5) is 11.5. The molecular formula is C16H25NO2. The third kappa shape index (κ3) is 6.39. The molecule has 0 aromatic heterocycles. The summed E-state index contributed by atoms with van der Waals surface area (Å²) >= 11 is 0. The number of carbonyl (C=O) groups excluding carboxylic acids is 1. The van der Waals surface area contributed by atoms with Crippen molar-refractivity contribution in [1.29, 1.82) is 0 Å². The summed E-state index contributed by atoms with van der Waals surface area (Å²) in [6, 6.07) is 8.48. The van der Waals surface area contributed by atoms with Gasteiger partial charge < -0.3 is 10.1 Å². The number of carbonyl (C=O) groups is 1. The van der Waals surface area contributed by atoms with Gasteiger partial charge in [-0.25, -0.2) is 0 Å². The minimum absolute atomic E-state index is 0.133. The van der Waals surface area contributed by atoms with Gasteiger partial charge in [-0.05, 0) is 46.2 Å². The molecule has 0 aliphatic rings. The molecule has 1 rings (SSSR count). The van der Waals surface area contributed by atoms with Crippen molar-refractivity contribution in [3.05, 3.63) is 35.4 Å². The molecule has 106 valence electrons. The van der Waals surface area contributed by atoms with Gasteiger partial charge in [-0.15, -0.1) is 0 Å². The lowest BCUT2D eigenvalue weighted by Crippen LogP contribution is -2.24. The Morgan fingerprint density at radius 3 is 2.42 bits per heavy atom. The van der Waals surface area contributed by atoms with Crippen molar-refractivity contribution >= 4 is 5.97 Å². The van der Waals surface area contributed by atoms with Gasteiger partial charge in [0, 0.05) is 6.54 Å². The average Bonchev–Trinajstić information content (AvgIpc) is 2.34. The first-order valence-electron chi connectivity index (χ1n) is 6.83. The number of hydrogen-bond donors (Lipinski definition) is 1. The predicted molar refractivity (Wildman–Crippen MR) is 77.9 cm³/mol. The number of hydrogen-bond acceptors (Lipinski definition) is 3. The number of aryl methyl sites for hydroxylation is 1. The highest BCUT2D eigenvalue weighted by Gasteiger charge is 2.22. The molecule has 0 saturated heterocycles. The lowest BCUT2D eigenvalue weighted by Gasteiger charge is -2.16. The fraction of sp³-hybridized carbons (Fsp3) is 0.562. The van der Waals surface area contributed by atoms with Gasteiger partial charge in [0.2, 0.25) is 0 Å². The topological polar surface area (TPSA) is 38.3 Å². The molecule has 0 radical (unpaired) electrons. The van der Waals surface area contributed by atoms with E-state index in [4.69, 9.17) is 4.74 Å². The second-order valence-electron chi connectivity index (χ2n) is 5.90. The lowest BCUT2D eigenvalue weighted by atomic mass is 9.97. The standard InChI is InChI=1S/C16H25NO2/c1-13-6-8-14(9-7-13)12-17-10-5-11-19-15(18)16(2,3)4/h6-9,17H,5,10-12H2,1-4H3. The molecule has 0 saturated carbocycles. The maximum atomic E-state index is 11.5. The Kier molecular flexibility index (Phi) is 6.03. The summed E-state index contributed by atoms with van der Waals surface area (Å²) in [6.45, 7) is 9.87. The highest BCUT2D eigenvalue weighted by atomic mass is 16.5. The van der Waals surface area contributed by atoms with Gasteiger partial charge in [0.15, 0.2) is 0 Å². The molecule has 1 aromatic carbocycles. The van der Waals surface area contributed by atoms with Crippen molar-refractivity contribution in [2.24, 2.45) is 5.41 Å². The zero-order valence-corrected chi connectivity index (χ0v) is 12.5. The number of nitrogens with one attached hydrogen (secondary N) is 1. The summed E-state index contributed by atoms with van der Waals surface area (Å²) in [5.74, 6) is -0.133. The second-order valence-corrected chi connectivity index (χ2v) is 5.90. The Labute approximate surface area is 116 Å². The van der Waals surface area contributed by atoms with E-state index in [2.05, 4.69) is 36.5 Å². The Morgan fingerprint density at radius 1 is 1.21 bits per heavy atom. The van der Waals surface area contributed by atoms with Crippen molar-refractivity contribution in [3.63, 3.8) is 0 Å². The minimum atomic E-state index is -0.407. The lowest BCUT2D eigenvalue weighted by molar-refractivity contribution is -0.152. The van der Waals surface area contributed by atoms with Gasteiger partial charge in [-0.2, -0.15) is 0 Å². The molecular weight excluding hydrogens is 238 g/mol. The molecule has 0 heterocycles. The second kappa shape index (κ2) is 7.29. The Balaban J connectivity index is 2.09. The molecule has 0 spiro atoms. The maximum Gasteiger partial charge on any atom is 0.311 e. The molecule has 0 aliphatic carbocycles. The van der Waals surface area contributed by atoms with E-state index in [0.29, 0.717) is 6.61 Å². The van der Waals surface area contributed by atoms with Crippen LogP contribution in [0.5, 0.6) is 0 Å². The highest BCUT2D eigenvalue weighted by molar-refractivity contribution is 5.75. The van der Waals surface area contributed by atoms with Crippen LogP contribution in [-0.2, 0) is 16.1 Å². The molecule has 1 aromatic rings. The molecule has 3 heteroatoms. The van der Waals surface area contributed by atoms with E-state index < -0.39 is 5.41 Å². The Hall–Kier alpha value is -1.35. The quantitative estimate of drug-likeness (QED) is 0.633. The highest BCUT2D eigenvalue weighted by Crippen LogP contribution is 2.14. The van der Waals surface area contributed by atoms with E-state index in [9.17, 15) is 4.79 Å². The first-order valence-corrected chi connectivity index (χ1v) is 6.83. The molecule has 0 fully saturated rings. The number of rotatable bonds is 6. The number of ether oxygens (including phenoxy) is 1. The largest absolute Gasteiger partial charge is 0.465 e. The van der Waals surface area contributed by atoms with E-state index in [0.717, 1.165) is 19.5 Å². The molecule has 1 N–H and O–H groups in total. The van der Waals surface area contributed by atoms with Crippen molar-refractivity contribution in [1.82, 2.24) is 5.32 Å². The van der Waals surface area contributed by atoms with E-state index in [1.54, 1.807) is 0 Å². The maximum absolute atomic E-state index is 11.5. The van der Waals surface area contributed by atoms with Crippen molar-refractivity contribution in [2.45, 2.75) is 40.7 Å². The van der Waals surface area contributed by atoms with E-state index in [-0.39, 0.29) is 5.97 Å². The van der Waals surface area contributed by atoms with Gasteiger partial charge in [-0.3, -0.25) is 4.79 Å². The van der Waals surface area contributed by atoms with Crippen molar-refractivity contribution in [3.8, 4) is 0 Å². The number of esters is 1. The smallest absolute Gasteiger partial charge is 0.311 e. The third-order valence-electron chi connectivity index (χ3n) is 2.79. The zero-order valence-electron chi connectivity index (χ0n) is 12.5. The summed E-state index contributed by atoms with van der Waals surface area (Å²) in [5.41, 5.74) is 2.14. The summed E-state index contributed by atoms with van der Waals surface area (Å²) < 4.78 is 5.20. The van der Waals surface area contributed by atoms with Gasteiger partial charge in [-0.1, -0.05) is 29.8 Å². The Bertz CT molecular complexity index is 390. The summed E-state index contributed by atoms with van der Waals surface area (Å²) in [7, 11) is 0. The third-order valence-corrected chi connectivity index (χ3v) is 2.79. The first-order chi connectivity index (χ1) is 8.89. The van der Waals surface area contributed by atoms with Crippen molar-refractivity contribution < 1.29 is 9.53 Å². The molecule has 0 aliphatic heterocycles. The van der Waals surface area contributed by atoms with Crippen LogP contribution in [0.15, 0.2) is 24.3 Å². The minimum Gasteiger partial charge on any atom is -0.465 e. The predicted octanol–water partition coefficient (Wildman–Crippen LogP) is 3.06. The molecule has 3 nitrogen and oxygen atoms in total. The van der Waals surface area contributed by atoms with E-state index >= 15 is 0 Å². The monoisotopic (exact) mass is 263 g/mol. The van der Waals surface area contributed by atoms with Gasteiger partial charge >= 0.3 is 5.97 Å². The van der Waals surface area contributed by atoms with Crippen LogP contribution in [-0.4, -0.2) is 19.1 Å². The van der Waals surface area contributed by atoms with Crippen LogP contribution < -0.4 is 5.32 Å². The van der Waals surface area contributed by atoms with Crippen LogP contribution in [0.2, 0.25) is 0 Å². The van der Waals surface area contributed by atoms with Crippen LogP contribution in [0.4, 0.5) is 0 Å². The van der Waals surface area contributed by atoms with Crippen LogP contribution in [0, 0.1) is 12.3 Å². The summed E-state index contributed by atoms with van der Waals surface area (Å²) in [5, 5.41) is 3.34. The van der Waals surface area contributed by atoms with Gasteiger partial charge in [0.1, 0.15) is 0 Å². The van der Waals surface area contributed by atoms with Crippen LogP contribution in [0.3, 0.4) is 0 Å². The Morgan fingerprint density at radius 2 is 1.84 bits per heavy atom. The fourth-order valence-corrected chi connectivity index (χ4v) is 1.52. The number of benzene rings is 1.